The highest BCUT2D eigenvalue weighted by Crippen LogP contribution is 2.43. The Morgan fingerprint density at radius 3 is 2.42 bits per heavy atom. The van der Waals surface area contributed by atoms with Crippen LogP contribution >= 0.6 is 15.9 Å². The Bertz CT molecular complexity index is 796. The first-order chi connectivity index (χ1) is 11.3. The second-order valence-electron chi connectivity index (χ2n) is 6.70. The third-order valence-electron chi connectivity index (χ3n) is 3.72. The van der Waals surface area contributed by atoms with Gasteiger partial charge in [-0.05, 0) is 50.1 Å². The quantitative estimate of drug-likeness (QED) is 0.701. The Morgan fingerprint density at radius 2 is 1.79 bits per heavy atom. The Kier molecular flexibility index (Phi) is 4.22. The van der Waals surface area contributed by atoms with Crippen molar-refractivity contribution in [3.8, 4) is 0 Å². The van der Waals surface area contributed by atoms with Crippen LogP contribution in [0.1, 0.15) is 37.8 Å². The maximum Gasteiger partial charge on any atom is 0.421 e. The number of carbonyl (C=O) groups is 2. The number of rotatable bonds is 1. The van der Waals surface area contributed by atoms with Gasteiger partial charge in [0.15, 0.2) is 0 Å². The Balaban J connectivity index is 2.08. The molecule has 0 bridgehead atoms. The molecule has 3 rings (SSSR count). The van der Waals surface area contributed by atoms with Crippen LogP contribution in [-0.2, 0) is 9.53 Å². The van der Waals surface area contributed by atoms with E-state index in [2.05, 4.69) is 15.9 Å². The minimum atomic E-state index is -0.669. The van der Waals surface area contributed by atoms with Gasteiger partial charge in [-0.25, -0.2) is 9.69 Å². The molecule has 1 aliphatic heterocycles. The number of hydrogen-bond acceptors (Lipinski definition) is 3. The maximum atomic E-state index is 13.0. The van der Waals surface area contributed by atoms with Crippen LogP contribution in [0.4, 0.5) is 10.5 Å². The van der Waals surface area contributed by atoms with Gasteiger partial charge >= 0.3 is 6.09 Å². The van der Waals surface area contributed by atoms with E-state index in [1.54, 1.807) is 26.8 Å². The van der Waals surface area contributed by atoms with Crippen molar-refractivity contribution in [1.29, 1.82) is 0 Å². The molecule has 0 aliphatic carbocycles. The Morgan fingerprint density at radius 1 is 1.12 bits per heavy atom. The molecule has 2 amide bonds. The number of anilines is 1. The second-order valence-corrected chi connectivity index (χ2v) is 7.62. The summed E-state index contributed by atoms with van der Waals surface area (Å²) in [6.45, 7) is 5.34. The van der Waals surface area contributed by atoms with Crippen molar-refractivity contribution in [1.82, 2.24) is 0 Å². The number of hydrogen-bond donors (Lipinski definition) is 0. The van der Waals surface area contributed by atoms with Gasteiger partial charge in [0.2, 0.25) is 5.91 Å². The summed E-state index contributed by atoms with van der Waals surface area (Å²) in [5, 5.41) is 0. The van der Waals surface area contributed by atoms with E-state index in [0.717, 1.165) is 20.5 Å². The highest BCUT2D eigenvalue weighted by molar-refractivity contribution is 9.10. The van der Waals surface area contributed by atoms with Gasteiger partial charge in [-0.1, -0.05) is 46.3 Å². The minimum absolute atomic E-state index is 0.288. The molecule has 1 unspecified atom stereocenters. The standard InChI is InChI=1S/C19H18BrNO3/c1-19(2,3)24-18(23)21-15-10-9-13(20)11-14(15)16(17(21)22)12-7-5-4-6-8-12/h4-11,16H,1-3H3. The Hall–Kier alpha value is -2.14. The molecular formula is C19H18BrNO3. The van der Waals surface area contributed by atoms with Crippen molar-refractivity contribution in [3.05, 3.63) is 64.1 Å². The zero-order chi connectivity index (χ0) is 17.5. The summed E-state index contributed by atoms with van der Waals surface area (Å²) in [4.78, 5) is 26.7. The summed E-state index contributed by atoms with van der Waals surface area (Å²) in [6, 6.07) is 14.9. The van der Waals surface area contributed by atoms with Gasteiger partial charge in [0.1, 0.15) is 5.60 Å². The molecule has 1 aliphatic rings. The van der Waals surface area contributed by atoms with Crippen molar-refractivity contribution in [2.75, 3.05) is 4.90 Å². The highest BCUT2D eigenvalue weighted by Gasteiger charge is 2.43. The predicted octanol–water partition coefficient (Wildman–Crippen LogP) is 4.86. The van der Waals surface area contributed by atoms with Gasteiger partial charge in [0.25, 0.3) is 0 Å². The first-order valence-corrected chi connectivity index (χ1v) is 8.48. The minimum Gasteiger partial charge on any atom is -0.443 e. The predicted molar refractivity (Wildman–Crippen MR) is 96.1 cm³/mol. The van der Waals surface area contributed by atoms with Crippen LogP contribution in [0.25, 0.3) is 0 Å². The number of amides is 2. The van der Waals surface area contributed by atoms with E-state index < -0.39 is 17.6 Å². The van der Waals surface area contributed by atoms with E-state index >= 15 is 0 Å². The fraction of sp³-hybridized carbons (Fsp3) is 0.263. The smallest absolute Gasteiger partial charge is 0.421 e. The summed E-state index contributed by atoms with van der Waals surface area (Å²) in [5.74, 6) is -0.797. The molecule has 1 atom stereocenters. The number of fused-ring (bicyclic) bond motifs is 1. The van der Waals surface area contributed by atoms with E-state index in [4.69, 9.17) is 4.74 Å². The molecule has 5 heteroatoms. The summed E-state index contributed by atoms with van der Waals surface area (Å²) in [7, 11) is 0. The Labute approximate surface area is 149 Å². The lowest BCUT2D eigenvalue weighted by Crippen LogP contribution is -2.39. The average molecular weight is 388 g/mol. The summed E-state index contributed by atoms with van der Waals surface area (Å²) in [5.41, 5.74) is 1.56. The number of carbonyl (C=O) groups excluding carboxylic acids is 2. The van der Waals surface area contributed by atoms with Crippen molar-refractivity contribution in [2.45, 2.75) is 32.3 Å². The highest BCUT2D eigenvalue weighted by atomic mass is 79.9. The number of imide groups is 1. The lowest BCUT2D eigenvalue weighted by molar-refractivity contribution is -0.118. The largest absolute Gasteiger partial charge is 0.443 e. The van der Waals surface area contributed by atoms with Gasteiger partial charge in [-0.2, -0.15) is 0 Å². The number of halogens is 1. The van der Waals surface area contributed by atoms with Crippen molar-refractivity contribution < 1.29 is 14.3 Å². The zero-order valence-corrected chi connectivity index (χ0v) is 15.3. The van der Waals surface area contributed by atoms with E-state index in [0.29, 0.717) is 5.69 Å². The number of nitrogens with zero attached hydrogens (tertiary/aromatic N) is 1. The van der Waals surface area contributed by atoms with Gasteiger partial charge < -0.3 is 4.74 Å². The third kappa shape index (κ3) is 3.08. The van der Waals surface area contributed by atoms with Gasteiger partial charge in [-0.15, -0.1) is 0 Å². The molecular weight excluding hydrogens is 370 g/mol. The molecule has 4 nitrogen and oxygen atoms in total. The van der Waals surface area contributed by atoms with Crippen LogP contribution in [0.2, 0.25) is 0 Å². The van der Waals surface area contributed by atoms with E-state index in [1.165, 1.54) is 0 Å². The van der Waals surface area contributed by atoms with Crippen molar-refractivity contribution in [3.63, 3.8) is 0 Å². The molecule has 0 spiro atoms. The molecule has 0 saturated heterocycles. The molecule has 124 valence electrons. The van der Waals surface area contributed by atoms with Gasteiger partial charge in [-0.3, -0.25) is 4.79 Å². The van der Waals surface area contributed by atoms with E-state index in [9.17, 15) is 9.59 Å². The first-order valence-electron chi connectivity index (χ1n) is 7.69. The topological polar surface area (TPSA) is 46.6 Å². The fourth-order valence-corrected chi connectivity index (χ4v) is 3.18. The number of benzene rings is 2. The molecule has 2 aromatic rings. The van der Waals surface area contributed by atoms with Crippen LogP contribution in [0.3, 0.4) is 0 Å². The summed E-state index contributed by atoms with van der Waals surface area (Å²) >= 11 is 3.44. The summed E-state index contributed by atoms with van der Waals surface area (Å²) < 4.78 is 6.28. The molecule has 1 heterocycles. The van der Waals surface area contributed by atoms with Crippen LogP contribution in [0.5, 0.6) is 0 Å². The molecule has 24 heavy (non-hydrogen) atoms. The molecule has 0 fully saturated rings. The lowest BCUT2D eigenvalue weighted by atomic mass is 9.93. The van der Waals surface area contributed by atoms with E-state index in [1.807, 2.05) is 42.5 Å². The van der Waals surface area contributed by atoms with E-state index in [-0.39, 0.29) is 5.91 Å². The molecule has 0 N–H and O–H groups in total. The number of ether oxygens (including phenoxy) is 1. The van der Waals surface area contributed by atoms with Crippen LogP contribution in [-0.4, -0.2) is 17.6 Å². The van der Waals surface area contributed by atoms with Gasteiger partial charge in [0, 0.05) is 4.47 Å². The molecule has 0 aromatic heterocycles. The van der Waals surface area contributed by atoms with Crippen LogP contribution in [0.15, 0.2) is 53.0 Å². The van der Waals surface area contributed by atoms with Gasteiger partial charge in [0.05, 0.1) is 11.6 Å². The van der Waals surface area contributed by atoms with Crippen LogP contribution < -0.4 is 4.90 Å². The fourth-order valence-electron chi connectivity index (χ4n) is 2.80. The molecule has 0 radical (unpaired) electrons. The average Bonchev–Trinajstić information content (AvgIpc) is 2.77. The van der Waals surface area contributed by atoms with Crippen molar-refractivity contribution in [2.24, 2.45) is 0 Å². The first kappa shape index (κ1) is 16.7. The van der Waals surface area contributed by atoms with Crippen molar-refractivity contribution >= 4 is 33.6 Å². The van der Waals surface area contributed by atoms with Crippen LogP contribution in [0, 0.1) is 0 Å². The lowest BCUT2D eigenvalue weighted by Gasteiger charge is -2.24. The second kappa shape index (κ2) is 6.06. The zero-order valence-electron chi connectivity index (χ0n) is 13.7. The normalized spacial score (nSPS) is 16.9. The molecule has 0 saturated carbocycles. The maximum absolute atomic E-state index is 13.0. The summed E-state index contributed by atoms with van der Waals surface area (Å²) in [6.07, 6.45) is -0.644. The monoisotopic (exact) mass is 387 g/mol. The third-order valence-corrected chi connectivity index (χ3v) is 4.21. The SMILES string of the molecule is CC(C)(C)OC(=O)N1C(=O)C(c2ccccc2)c2cc(Br)ccc21. The molecule has 2 aromatic carbocycles.